The summed E-state index contributed by atoms with van der Waals surface area (Å²) in [4.78, 5) is 26.1. The predicted molar refractivity (Wildman–Crippen MR) is 108 cm³/mol. The van der Waals surface area contributed by atoms with Gasteiger partial charge in [0.15, 0.2) is 0 Å². The molecule has 1 aliphatic rings. The van der Waals surface area contributed by atoms with Gasteiger partial charge in [0.1, 0.15) is 17.0 Å². The minimum absolute atomic E-state index is 0.144. The Bertz CT molecular complexity index is 995. The number of hydrogen-bond acceptors (Lipinski definition) is 5. The third kappa shape index (κ3) is 3.04. The van der Waals surface area contributed by atoms with Crippen molar-refractivity contribution in [1.82, 2.24) is 9.97 Å². The fraction of sp³-hybridized carbons (Fsp3) is 0.316. The molecule has 0 unspecified atom stereocenters. The summed E-state index contributed by atoms with van der Waals surface area (Å²) in [6, 6.07) is 5.49. The van der Waals surface area contributed by atoms with Gasteiger partial charge in [-0.05, 0) is 44.4 Å². The van der Waals surface area contributed by atoms with Gasteiger partial charge in [0.05, 0.1) is 10.9 Å². The number of thiophene rings is 1. The summed E-state index contributed by atoms with van der Waals surface area (Å²) in [5.74, 6) is 0.721. The number of nitrogens with one attached hydrogen (secondary N) is 1. The standard InChI is InChI=1S/C19H19ClN4OS/c1-11-5-6-13(20)9-14(11)23-18(25)15-12(2)26-19-16(15)17(21-10-22-19)24-7-3-4-8-24/h5-6,9-10H,3-4,7-8H2,1-2H3,(H,23,25). The van der Waals surface area contributed by atoms with Crippen molar-refractivity contribution in [3.05, 3.63) is 45.6 Å². The number of halogens is 1. The van der Waals surface area contributed by atoms with Crippen molar-refractivity contribution in [3.8, 4) is 0 Å². The Morgan fingerprint density at radius 1 is 1.23 bits per heavy atom. The molecule has 0 spiro atoms. The Morgan fingerprint density at radius 3 is 2.77 bits per heavy atom. The Labute approximate surface area is 161 Å². The molecule has 0 radical (unpaired) electrons. The lowest BCUT2D eigenvalue weighted by molar-refractivity contribution is 0.102. The molecule has 1 N–H and O–H groups in total. The number of amides is 1. The van der Waals surface area contributed by atoms with Crippen LogP contribution < -0.4 is 10.2 Å². The minimum Gasteiger partial charge on any atom is -0.356 e. The van der Waals surface area contributed by atoms with Crippen molar-refractivity contribution in [1.29, 1.82) is 0 Å². The van der Waals surface area contributed by atoms with Gasteiger partial charge in [-0.25, -0.2) is 9.97 Å². The summed E-state index contributed by atoms with van der Waals surface area (Å²) in [6.45, 7) is 5.84. The number of rotatable bonds is 3. The van der Waals surface area contributed by atoms with E-state index in [9.17, 15) is 4.79 Å². The van der Waals surface area contributed by atoms with E-state index in [4.69, 9.17) is 11.6 Å². The first kappa shape index (κ1) is 17.2. The zero-order valence-electron chi connectivity index (χ0n) is 14.7. The molecule has 4 rings (SSSR count). The van der Waals surface area contributed by atoms with Gasteiger partial charge in [0.2, 0.25) is 0 Å². The number of carbonyl (C=O) groups is 1. The van der Waals surface area contributed by atoms with Crippen LogP contribution in [0, 0.1) is 13.8 Å². The maximum absolute atomic E-state index is 13.1. The molecule has 2 aromatic heterocycles. The van der Waals surface area contributed by atoms with E-state index in [1.165, 1.54) is 11.3 Å². The van der Waals surface area contributed by atoms with Crippen LogP contribution in [-0.4, -0.2) is 29.0 Å². The average molecular weight is 387 g/mol. The van der Waals surface area contributed by atoms with Gasteiger partial charge < -0.3 is 10.2 Å². The largest absolute Gasteiger partial charge is 0.356 e. The van der Waals surface area contributed by atoms with Crippen molar-refractivity contribution in [2.45, 2.75) is 26.7 Å². The lowest BCUT2D eigenvalue weighted by atomic mass is 10.1. The maximum atomic E-state index is 13.1. The van der Waals surface area contributed by atoms with Crippen LogP contribution in [0.5, 0.6) is 0 Å². The highest BCUT2D eigenvalue weighted by molar-refractivity contribution is 7.19. The van der Waals surface area contributed by atoms with Crippen molar-refractivity contribution in [3.63, 3.8) is 0 Å². The smallest absolute Gasteiger partial charge is 0.257 e. The highest BCUT2D eigenvalue weighted by Crippen LogP contribution is 2.36. The number of aryl methyl sites for hydroxylation is 2. The summed E-state index contributed by atoms with van der Waals surface area (Å²) in [7, 11) is 0. The molecular formula is C19H19ClN4OS. The zero-order chi connectivity index (χ0) is 18.3. The van der Waals surface area contributed by atoms with E-state index in [0.29, 0.717) is 10.6 Å². The number of carbonyl (C=O) groups excluding carboxylic acids is 1. The number of fused-ring (bicyclic) bond motifs is 1. The number of nitrogens with zero attached hydrogens (tertiary/aromatic N) is 3. The third-order valence-electron chi connectivity index (χ3n) is 4.72. The average Bonchev–Trinajstić information content (AvgIpc) is 3.24. The highest BCUT2D eigenvalue weighted by atomic mass is 35.5. The van der Waals surface area contributed by atoms with E-state index < -0.39 is 0 Å². The summed E-state index contributed by atoms with van der Waals surface area (Å²) >= 11 is 7.62. The van der Waals surface area contributed by atoms with Crippen LogP contribution in [0.15, 0.2) is 24.5 Å². The lowest BCUT2D eigenvalue weighted by Crippen LogP contribution is -2.20. The molecule has 26 heavy (non-hydrogen) atoms. The molecule has 5 nitrogen and oxygen atoms in total. The second-order valence-electron chi connectivity index (χ2n) is 6.52. The second-order valence-corrected chi connectivity index (χ2v) is 8.16. The van der Waals surface area contributed by atoms with Crippen LogP contribution in [0.3, 0.4) is 0 Å². The van der Waals surface area contributed by atoms with Crippen LogP contribution >= 0.6 is 22.9 Å². The van der Waals surface area contributed by atoms with Gasteiger partial charge in [-0.3, -0.25) is 4.79 Å². The topological polar surface area (TPSA) is 58.1 Å². The quantitative estimate of drug-likeness (QED) is 0.701. The first-order valence-corrected chi connectivity index (χ1v) is 9.80. The number of anilines is 2. The minimum atomic E-state index is -0.144. The van der Waals surface area contributed by atoms with Crippen LogP contribution in [0.2, 0.25) is 5.02 Å². The fourth-order valence-electron chi connectivity index (χ4n) is 3.38. The molecule has 0 saturated carbocycles. The Balaban J connectivity index is 1.79. The molecule has 3 heterocycles. The molecule has 0 atom stereocenters. The molecule has 1 aliphatic heterocycles. The lowest BCUT2D eigenvalue weighted by Gasteiger charge is -2.18. The van der Waals surface area contributed by atoms with Crippen molar-refractivity contribution >= 4 is 50.6 Å². The van der Waals surface area contributed by atoms with E-state index in [0.717, 1.165) is 58.1 Å². The van der Waals surface area contributed by atoms with Crippen LogP contribution in [0.4, 0.5) is 11.5 Å². The van der Waals surface area contributed by atoms with Crippen molar-refractivity contribution < 1.29 is 4.79 Å². The Morgan fingerprint density at radius 2 is 2.00 bits per heavy atom. The first-order chi connectivity index (χ1) is 12.5. The molecule has 1 saturated heterocycles. The Kier molecular flexibility index (Phi) is 4.54. The van der Waals surface area contributed by atoms with Gasteiger partial charge in [-0.2, -0.15) is 0 Å². The molecule has 1 aromatic carbocycles. The summed E-state index contributed by atoms with van der Waals surface area (Å²) in [5, 5.41) is 4.47. The summed E-state index contributed by atoms with van der Waals surface area (Å²) in [5.41, 5.74) is 2.35. The van der Waals surface area contributed by atoms with Gasteiger partial charge in [0.25, 0.3) is 5.91 Å². The second kappa shape index (κ2) is 6.85. The summed E-state index contributed by atoms with van der Waals surface area (Å²) in [6.07, 6.45) is 3.89. The molecular weight excluding hydrogens is 368 g/mol. The third-order valence-corrected chi connectivity index (χ3v) is 5.97. The van der Waals surface area contributed by atoms with E-state index in [1.807, 2.05) is 26.0 Å². The Hall–Kier alpha value is -2.18. The number of hydrogen-bond donors (Lipinski definition) is 1. The molecule has 0 bridgehead atoms. The maximum Gasteiger partial charge on any atom is 0.257 e. The van der Waals surface area contributed by atoms with Crippen molar-refractivity contribution in [2.75, 3.05) is 23.3 Å². The van der Waals surface area contributed by atoms with E-state index in [-0.39, 0.29) is 5.91 Å². The van der Waals surface area contributed by atoms with Crippen molar-refractivity contribution in [2.24, 2.45) is 0 Å². The SMILES string of the molecule is Cc1ccc(Cl)cc1NC(=O)c1c(C)sc2ncnc(N3CCCC3)c12. The number of benzene rings is 1. The fourth-order valence-corrected chi connectivity index (χ4v) is 4.54. The van der Waals surface area contributed by atoms with Gasteiger partial charge in [-0.1, -0.05) is 17.7 Å². The normalized spacial score (nSPS) is 14.2. The van der Waals surface area contributed by atoms with Crippen LogP contribution in [-0.2, 0) is 0 Å². The molecule has 7 heteroatoms. The zero-order valence-corrected chi connectivity index (χ0v) is 16.2. The summed E-state index contributed by atoms with van der Waals surface area (Å²) < 4.78 is 0. The van der Waals surface area contributed by atoms with Crippen LogP contribution in [0.25, 0.3) is 10.2 Å². The molecule has 1 amide bonds. The van der Waals surface area contributed by atoms with Gasteiger partial charge in [0, 0.05) is 28.7 Å². The van der Waals surface area contributed by atoms with Crippen LogP contribution in [0.1, 0.15) is 33.6 Å². The first-order valence-electron chi connectivity index (χ1n) is 8.61. The van der Waals surface area contributed by atoms with E-state index in [1.54, 1.807) is 12.4 Å². The van der Waals surface area contributed by atoms with E-state index >= 15 is 0 Å². The van der Waals surface area contributed by atoms with Gasteiger partial charge in [-0.15, -0.1) is 11.3 Å². The highest BCUT2D eigenvalue weighted by Gasteiger charge is 2.25. The van der Waals surface area contributed by atoms with E-state index in [2.05, 4.69) is 20.2 Å². The molecule has 1 fully saturated rings. The van der Waals surface area contributed by atoms with Gasteiger partial charge >= 0.3 is 0 Å². The predicted octanol–water partition coefficient (Wildman–Crippen LogP) is 4.81. The monoisotopic (exact) mass is 386 g/mol. The number of aromatic nitrogens is 2. The molecule has 0 aliphatic carbocycles. The molecule has 134 valence electrons. The molecule has 3 aromatic rings.